The van der Waals surface area contributed by atoms with Crippen LogP contribution in [0.5, 0.6) is 0 Å². The molecule has 106 valence electrons. The smallest absolute Gasteiger partial charge is 0.243 e. The highest BCUT2D eigenvalue weighted by Gasteiger charge is 2.15. The molecule has 0 aromatic heterocycles. The fourth-order valence-corrected chi connectivity index (χ4v) is 1.91. The lowest BCUT2D eigenvalue weighted by Gasteiger charge is -2.13. The SMILES string of the molecule is O=C1CCC(c2ccc(NC(=O)C(Cl)CCl)cc2)=NN1. The minimum Gasteiger partial charge on any atom is -0.325 e. The number of hydrazone groups is 1. The van der Waals surface area contributed by atoms with Crippen molar-refractivity contribution >= 4 is 46.4 Å². The van der Waals surface area contributed by atoms with Crippen molar-refractivity contribution < 1.29 is 9.59 Å². The van der Waals surface area contributed by atoms with Crippen molar-refractivity contribution in [2.24, 2.45) is 5.10 Å². The summed E-state index contributed by atoms with van der Waals surface area (Å²) in [6, 6.07) is 7.17. The number of carbonyl (C=O) groups is 2. The van der Waals surface area contributed by atoms with Crippen molar-refractivity contribution in [2.45, 2.75) is 18.2 Å². The number of halogens is 2. The molecule has 1 aliphatic rings. The zero-order valence-electron chi connectivity index (χ0n) is 10.5. The minimum atomic E-state index is -0.755. The van der Waals surface area contributed by atoms with Crippen LogP contribution in [0, 0.1) is 0 Å². The Bertz CT molecular complexity index is 543. The third-order valence-electron chi connectivity index (χ3n) is 2.81. The lowest BCUT2D eigenvalue weighted by molar-refractivity contribution is -0.121. The summed E-state index contributed by atoms with van der Waals surface area (Å²) < 4.78 is 0. The summed E-state index contributed by atoms with van der Waals surface area (Å²) in [6.45, 7) is 0. The summed E-state index contributed by atoms with van der Waals surface area (Å²) in [5.74, 6) is -0.356. The molecule has 1 unspecified atom stereocenters. The number of amides is 2. The molecule has 20 heavy (non-hydrogen) atoms. The fourth-order valence-electron chi connectivity index (χ4n) is 1.72. The lowest BCUT2D eigenvalue weighted by Crippen LogP contribution is -2.26. The van der Waals surface area contributed by atoms with Gasteiger partial charge in [0.15, 0.2) is 0 Å². The average molecular weight is 314 g/mol. The maximum atomic E-state index is 11.6. The summed E-state index contributed by atoms with van der Waals surface area (Å²) in [5, 5.41) is 5.91. The van der Waals surface area contributed by atoms with E-state index in [4.69, 9.17) is 23.2 Å². The molecule has 1 aliphatic heterocycles. The van der Waals surface area contributed by atoms with Crippen LogP contribution in [0.25, 0.3) is 0 Å². The minimum absolute atomic E-state index is 0.0575. The van der Waals surface area contributed by atoms with Gasteiger partial charge in [-0.2, -0.15) is 5.10 Å². The monoisotopic (exact) mass is 313 g/mol. The molecule has 0 radical (unpaired) electrons. The van der Waals surface area contributed by atoms with Crippen LogP contribution in [0.4, 0.5) is 5.69 Å². The first-order valence-electron chi connectivity index (χ1n) is 6.07. The highest BCUT2D eigenvalue weighted by molar-refractivity contribution is 6.37. The number of rotatable bonds is 4. The molecular weight excluding hydrogens is 301 g/mol. The molecule has 1 heterocycles. The van der Waals surface area contributed by atoms with Gasteiger partial charge in [-0.3, -0.25) is 9.59 Å². The number of carbonyl (C=O) groups excluding carboxylic acids is 2. The maximum Gasteiger partial charge on any atom is 0.243 e. The van der Waals surface area contributed by atoms with E-state index in [0.717, 1.165) is 11.3 Å². The second-order valence-electron chi connectivity index (χ2n) is 4.28. The third kappa shape index (κ3) is 3.71. The molecule has 0 saturated heterocycles. The van der Waals surface area contributed by atoms with Gasteiger partial charge >= 0.3 is 0 Å². The van der Waals surface area contributed by atoms with Crippen LogP contribution >= 0.6 is 23.2 Å². The van der Waals surface area contributed by atoms with Gasteiger partial charge in [0.05, 0.1) is 5.71 Å². The number of hydrogen-bond donors (Lipinski definition) is 2. The second-order valence-corrected chi connectivity index (χ2v) is 5.12. The van der Waals surface area contributed by atoms with Crippen molar-refractivity contribution in [3.05, 3.63) is 29.8 Å². The number of hydrogen-bond acceptors (Lipinski definition) is 3. The summed E-state index contributed by atoms with van der Waals surface area (Å²) >= 11 is 11.2. The Balaban J connectivity index is 2.03. The molecule has 2 amide bonds. The maximum absolute atomic E-state index is 11.6. The van der Waals surface area contributed by atoms with E-state index in [2.05, 4.69) is 15.8 Å². The predicted octanol–water partition coefficient (Wildman–Crippen LogP) is 2.09. The second kappa shape index (κ2) is 6.72. The fraction of sp³-hybridized carbons (Fsp3) is 0.308. The summed E-state index contributed by atoms with van der Waals surface area (Å²) in [5.41, 5.74) is 4.80. The van der Waals surface area contributed by atoms with Gasteiger partial charge in [-0.25, -0.2) is 5.43 Å². The van der Waals surface area contributed by atoms with Crippen molar-refractivity contribution in [2.75, 3.05) is 11.2 Å². The van der Waals surface area contributed by atoms with E-state index in [1.807, 2.05) is 12.1 Å². The van der Waals surface area contributed by atoms with E-state index in [1.54, 1.807) is 12.1 Å². The van der Waals surface area contributed by atoms with Crippen molar-refractivity contribution in [1.29, 1.82) is 0 Å². The Labute approximate surface area is 126 Å². The molecule has 0 fully saturated rings. The van der Waals surface area contributed by atoms with Gasteiger partial charge in [-0.15, -0.1) is 23.2 Å². The standard InChI is InChI=1S/C13H13Cl2N3O2/c14-7-10(15)13(20)16-9-3-1-8(2-4-9)11-5-6-12(19)18-17-11/h1-4,10H,5-7H2,(H,16,20)(H,18,19). The first-order chi connectivity index (χ1) is 9.60. The van der Waals surface area contributed by atoms with E-state index >= 15 is 0 Å². The Kier molecular flexibility index (Phi) is 4.98. The number of anilines is 1. The van der Waals surface area contributed by atoms with E-state index in [0.29, 0.717) is 18.5 Å². The zero-order chi connectivity index (χ0) is 14.5. The van der Waals surface area contributed by atoms with Gasteiger partial charge in [0.1, 0.15) is 5.38 Å². The first-order valence-corrected chi connectivity index (χ1v) is 7.04. The molecule has 1 aromatic carbocycles. The Morgan fingerprint density at radius 2 is 2.05 bits per heavy atom. The van der Waals surface area contributed by atoms with E-state index in [-0.39, 0.29) is 17.7 Å². The molecule has 5 nitrogen and oxygen atoms in total. The predicted molar refractivity (Wildman–Crippen MR) is 79.3 cm³/mol. The van der Waals surface area contributed by atoms with Crippen LogP contribution in [0.15, 0.2) is 29.4 Å². The van der Waals surface area contributed by atoms with Gasteiger partial charge in [0.25, 0.3) is 0 Å². The van der Waals surface area contributed by atoms with Crippen molar-refractivity contribution in [3.63, 3.8) is 0 Å². The van der Waals surface area contributed by atoms with Crippen molar-refractivity contribution in [3.8, 4) is 0 Å². The summed E-state index contributed by atoms with van der Waals surface area (Å²) in [7, 11) is 0. The van der Waals surface area contributed by atoms with Crippen LogP contribution < -0.4 is 10.7 Å². The number of nitrogens with zero attached hydrogens (tertiary/aromatic N) is 1. The lowest BCUT2D eigenvalue weighted by atomic mass is 10.0. The largest absolute Gasteiger partial charge is 0.325 e. The van der Waals surface area contributed by atoms with Crippen LogP contribution in [-0.4, -0.2) is 28.8 Å². The van der Waals surface area contributed by atoms with Gasteiger partial charge in [0, 0.05) is 24.4 Å². The Morgan fingerprint density at radius 3 is 2.60 bits per heavy atom. The average Bonchev–Trinajstić information content (AvgIpc) is 2.48. The Hall–Kier alpha value is -1.59. The molecule has 2 rings (SSSR count). The summed E-state index contributed by atoms with van der Waals surface area (Å²) in [6.07, 6.45) is 1.04. The Morgan fingerprint density at radius 1 is 1.35 bits per heavy atom. The van der Waals surface area contributed by atoms with Gasteiger partial charge in [0.2, 0.25) is 11.8 Å². The topological polar surface area (TPSA) is 70.6 Å². The molecular formula is C13H13Cl2N3O2. The van der Waals surface area contributed by atoms with Crippen LogP contribution in [0.3, 0.4) is 0 Å². The van der Waals surface area contributed by atoms with Crippen LogP contribution in [0.2, 0.25) is 0 Å². The highest BCUT2D eigenvalue weighted by Crippen LogP contribution is 2.15. The molecule has 1 aromatic rings. The molecule has 0 spiro atoms. The first kappa shape index (κ1) is 14.8. The molecule has 0 aliphatic carbocycles. The quantitative estimate of drug-likeness (QED) is 0.835. The molecule has 0 saturated carbocycles. The molecule has 7 heteroatoms. The highest BCUT2D eigenvalue weighted by atomic mass is 35.5. The van der Waals surface area contributed by atoms with E-state index < -0.39 is 5.38 Å². The molecule has 0 bridgehead atoms. The zero-order valence-corrected chi connectivity index (χ0v) is 12.0. The van der Waals surface area contributed by atoms with Crippen LogP contribution in [-0.2, 0) is 9.59 Å². The van der Waals surface area contributed by atoms with Gasteiger partial charge in [-0.1, -0.05) is 12.1 Å². The third-order valence-corrected chi connectivity index (χ3v) is 3.63. The van der Waals surface area contributed by atoms with Crippen LogP contribution in [0.1, 0.15) is 18.4 Å². The van der Waals surface area contributed by atoms with Crippen molar-refractivity contribution in [1.82, 2.24) is 5.43 Å². The van der Waals surface area contributed by atoms with Gasteiger partial charge < -0.3 is 5.32 Å². The number of benzene rings is 1. The molecule has 1 atom stereocenters. The number of nitrogens with one attached hydrogen (secondary N) is 2. The molecule has 2 N–H and O–H groups in total. The summed E-state index contributed by atoms with van der Waals surface area (Å²) in [4.78, 5) is 22.6. The van der Waals surface area contributed by atoms with Gasteiger partial charge in [-0.05, 0) is 17.7 Å². The number of alkyl halides is 2. The van der Waals surface area contributed by atoms with E-state index in [9.17, 15) is 9.59 Å². The normalized spacial score (nSPS) is 16.1. The van der Waals surface area contributed by atoms with E-state index in [1.165, 1.54) is 0 Å².